The molecule has 6 heteroatoms. The van der Waals surface area contributed by atoms with Gasteiger partial charge in [0.15, 0.2) is 0 Å². The molecule has 0 radical (unpaired) electrons. The van der Waals surface area contributed by atoms with Crippen molar-refractivity contribution in [1.29, 1.82) is 0 Å². The van der Waals surface area contributed by atoms with Crippen molar-refractivity contribution in [3.8, 4) is 0 Å². The summed E-state index contributed by atoms with van der Waals surface area (Å²) in [5, 5.41) is 17.8. The number of hydrogen-bond donors (Lipinski definition) is 3. The monoisotopic (exact) mass is 284 g/mol. The van der Waals surface area contributed by atoms with Gasteiger partial charge in [-0.2, -0.15) is 0 Å². The van der Waals surface area contributed by atoms with E-state index in [0.29, 0.717) is 18.2 Å². The molecule has 0 atom stereocenters. The number of anilines is 1. The topological polar surface area (TPSA) is 92.4 Å². The SMILES string of the molecule is NS(=O)(=O)c1ccccc1NCC1CCC(O)CC1. The van der Waals surface area contributed by atoms with Gasteiger partial charge in [0.05, 0.1) is 11.8 Å². The van der Waals surface area contributed by atoms with Gasteiger partial charge in [-0.25, -0.2) is 13.6 Å². The number of para-hydroxylation sites is 1. The predicted molar refractivity (Wildman–Crippen MR) is 74.3 cm³/mol. The summed E-state index contributed by atoms with van der Waals surface area (Å²) in [4.78, 5) is 0.130. The van der Waals surface area contributed by atoms with Crippen molar-refractivity contribution in [2.24, 2.45) is 11.1 Å². The van der Waals surface area contributed by atoms with Crippen LogP contribution in [-0.2, 0) is 10.0 Å². The Morgan fingerprint density at radius 2 is 1.84 bits per heavy atom. The third-order valence-electron chi connectivity index (χ3n) is 3.59. The van der Waals surface area contributed by atoms with Crippen LogP contribution in [0.4, 0.5) is 5.69 Å². The van der Waals surface area contributed by atoms with Crippen LogP contribution >= 0.6 is 0 Å². The van der Waals surface area contributed by atoms with Crippen molar-refractivity contribution < 1.29 is 13.5 Å². The molecule has 2 rings (SSSR count). The Bertz CT molecular complexity index is 522. The number of rotatable bonds is 4. The lowest BCUT2D eigenvalue weighted by Crippen LogP contribution is -2.24. The highest BCUT2D eigenvalue weighted by molar-refractivity contribution is 7.89. The van der Waals surface area contributed by atoms with Crippen LogP contribution in [0.1, 0.15) is 25.7 Å². The van der Waals surface area contributed by atoms with Gasteiger partial charge >= 0.3 is 0 Å². The summed E-state index contributed by atoms with van der Waals surface area (Å²) in [5.74, 6) is 0.469. The molecule has 1 aliphatic carbocycles. The molecule has 0 aliphatic heterocycles. The van der Waals surface area contributed by atoms with Crippen molar-refractivity contribution in [3.05, 3.63) is 24.3 Å². The van der Waals surface area contributed by atoms with E-state index in [1.807, 2.05) is 0 Å². The Morgan fingerprint density at radius 3 is 2.47 bits per heavy atom. The highest BCUT2D eigenvalue weighted by Crippen LogP contribution is 2.26. The first-order chi connectivity index (χ1) is 8.97. The zero-order valence-electron chi connectivity index (χ0n) is 10.7. The molecule has 1 aromatic rings. The van der Waals surface area contributed by atoms with E-state index in [1.54, 1.807) is 18.2 Å². The molecule has 1 saturated carbocycles. The fourth-order valence-corrected chi connectivity index (χ4v) is 3.18. The van der Waals surface area contributed by atoms with Gasteiger partial charge in [-0.3, -0.25) is 0 Å². The number of benzene rings is 1. The largest absolute Gasteiger partial charge is 0.393 e. The van der Waals surface area contributed by atoms with Gasteiger partial charge in [0, 0.05) is 6.54 Å². The highest BCUT2D eigenvalue weighted by Gasteiger charge is 2.20. The quantitative estimate of drug-likeness (QED) is 0.777. The third-order valence-corrected chi connectivity index (χ3v) is 4.56. The second kappa shape index (κ2) is 5.90. The van der Waals surface area contributed by atoms with Crippen molar-refractivity contribution in [2.75, 3.05) is 11.9 Å². The average Bonchev–Trinajstić information content (AvgIpc) is 2.37. The lowest BCUT2D eigenvalue weighted by atomic mass is 9.87. The number of aliphatic hydroxyl groups is 1. The Balaban J connectivity index is 2.00. The molecule has 0 heterocycles. The minimum absolute atomic E-state index is 0.130. The molecule has 106 valence electrons. The zero-order chi connectivity index (χ0) is 13.9. The van der Waals surface area contributed by atoms with Crippen molar-refractivity contribution in [2.45, 2.75) is 36.7 Å². The van der Waals surface area contributed by atoms with E-state index in [0.717, 1.165) is 25.7 Å². The number of nitrogens with one attached hydrogen (secondary N) is 1. The number of nitrogens with two attached hydrogens (primary N) is 1. The summed E-state index contributed by atoms with van der Waals surface area (Å²) in [6, 6.07) is 6.66. The zero-order valence-corrected chi connectivity index (χ0v) is 11.6. The first-order valence-corrected chi connectivity index (χ1v) is 8.05. The standard InChI is InChI=1S/C13H20N2O3S/c14-19(17,18)13-4-2-1-3-12(13)15-9-10-5-7-11(16)8-6-10/h1-4,10-11,15-16H,5-9H2,(H2,14,17,18). The van der Waals surface area contributed by atoms with E-state index in [-0.39, 0.29) is 11.0 Å². The second-order valence-corrected chi connectivity index (χ2v) is 6.63. The van der Waals surface area contributed by atoms with Crippen molar-refractivity contribution >= 4 is 15.7 Å². The lowest BCUT2D eigenvalue weighted by molar-refractivity contribution is 0.111. The average molecular weight is 284 g/mol. The fourth-order valence-electron chi connectivity index (χ4n) is 2.46. The smallest absolute Gasteiger partial charge is 0.240 e. The normalized spacial score (nSPS) is 24.1. The van der Waals surface area contributed by atoms with Gasteiger partial charge in [0.2, 0.25) is 10.0 Å². The van der Waals surface area contributed by atoms with E-state index >= 15 is 0 Å². The van der Waals surface area contributed by atoms with Crippen LogP contribution in [0.2, 0.25) is 0 Å². The Kier molecular flexibility index (Phi) is 4.44. The van der Waals surface area contributed by atoms with Crippen LogP contribution in [-0.4, -0.2) is 26.2 Å². The minimum Gasteiger partial charge on any atom is -0.393 e. The molecule has 1 aliphatic rings. The van der Waals surface area contributed by atoms with Gasteiger partial charge in [-0.05, 0) is 43.7 Å². The molecule has 0 bridgehead atoms. The van der Waals surface area contributed by atoms with Gasteiger partial charge < -0.3 is 10.4 Å². The molecule has 0 aromatic heterocycles. The molecule has 4 N–H and O–H groups in total. The molecule has 1 fully saturated rings. The molecular weight excluding hydrogens is 264 g/mol. The lowest BCUT2D eigenvalue weighted by Gasteiger charge is -2.26. The third kappa shape index (κ3) is 3.92. The van der Waals surface area contributed by atoms with Gasteiger partial charge in [0.1, 0.15) is 4.90 Å². The van der Waals surface area contributed by atoms with Crippen LogP contribution in [0.3, 0.4) is 0 Å². The highest BCUT2D eigenvalue weighted by atomic mass is 32.2. The van der Waals surface area contributed by atoms with Crippen LogP contribution in [0.25, 0.3) is 0 Å². The van der Waals surface area contributed by atoms with Crippen LogP contribution in [0, 0.1) is 5.92 Å². The van der Waals surface area contributed by atoms with E-state index in [9.17, 15) is 13.5 Å². The van der Waals surface area contributed by atoms with Gasteiger partial charge in [-0.15, -0.1) is 0 Å². The maximum Gasteiger partial charge on any atom is 0.240 e. The van der Waals surface area contributed by atoms with Gasteiger partial charge in [0.25, 0.3) is 0 Å². The summed E-state index contributed by atoms with van der Waals surface area (Å²) in [7, 11) is -3.70. The first-order valence-electron chi connectivity index (χ1n) is 6.50. The molecule has 19 heavy (non-hydrogen) atoms. The number of primary sulfonamides is 1. The van der Waals surface area contributed by atoms with Crippen molar-refractivity contribution in [3.63, 3.8) is 0 Å². The molecule has 0 unspecified atom stereocenters. The van der Waals surface area contributed by atoms with Crippen LogP contribution < -0.4 is 10.5 Å². The Morgan fingerprint density at radius 1 is 1.21 bits per heavy atom. The Hall–Kier alpha value is -1.11. The first kappa shape index (κ1) is 14.3. The predicted octanol–water partition coefficient (Wildman–Crippen LogP) is 1.30. The van der Waals surface area contributed by atoms with Crippen LogP contribution in [0.15, 0.2) is 29.2 Å². The molecule has 0 spiro atoms. The van der Waals surface area contributed by atoms with E-state index in [1.165, 1.54) is 6.07 Å². The van der Waals surface area contributed by atoms with Gasteiger partial charge in [-0.1, -0.05) is 12.1 Å². The molecule has 0 amide bonds. The Labute approximate surface area is 113 Å². The summed E-state index contributed by atoms with van der Waals surface area (Å²) >= 11 is 0. The minimum atomic E-state index is -3.70. The number of hydrogen-bond acceptors (Lipinski definition) is 4. The molecule has 5 nitrogen and oxygen atoms in total. The van der Waals surface area contributed by atoms with E-state index in [2.05, 4.69) is 5.32 Å². The molecular formula is C13H20N2O3S. The molecule has 0 saturated heterocycles. The number of aliphatic hydroxyl groups excluding tert-OH is 1. The summed E-state index contributed by atoms with van der Waals surface area (Å²) < 4.78 is 22.9. The summed E-state index contributed by atoms with van der Waals surface area (Å²) in [5.41, 5.74) is 0.552. The molecule has 1 aromatic carbocycles. The van der Waals surface area contributed by atoms with E-state index in [4.69, 9.17) is 5.14 Å². The number of sulfonamides is 1. The fraction of sp³-hybridized carbons (Fsp3) is 0.538. The maximum absolute atomic E-state index is 11.5. The van der Waals surface area contributed by atoms with Crippen LogP contribution in [0.5, 0.6) is 0 Å². The summed E-state index contributed by atoms with van der Waals surface area (Å²) in [6.07, 6.45) is 3.40. The van der Waals surface area contributed by atoms with Crippen molar-refractivity contribution in [1.82, 2.24) is 0 Å². The maximum atomic E-state index is 11.5. The summed E-state index contributed by atoms with van der Waals surface area (Å²) in [6.45, 7) is 0.708. The second-order valence-electron chi connectivity index (χ2n) is 5.10. The van der Waals surface area contributed by atoms with E-state index < -0.39 is 10.0 Å².